The number of rotatable bonds is 7. The number of hydrogen-bond acceptors (Lipinski definition) is 4. The molecule has 1 atom stereocenters. The quantitative estimate of drug-likeness (QED) is 0.530. The first-order valence-electron chi connectivity index (χ1n) is 10.3. The van der Waals surface area contributed by atoms with Crippen LogP contribution in [0.3, 0.4) is 0 Å². The number of amides is 1. The highest BCUT2D eigenvalue weighted by Crippen LogP contribution is 2.27. The van der Waals surface area contributed by atoms with E-state index < -0.39 is 0 Å². The molecule has 0 saturated heterocycles. The van der Waals surface area contributed by atoms with Crippen LogP contribution in [0.1, 0.15) is 51.8 Å². The largest absolute Gasteiger partial charge is 0.349 e. The zero-order chi connectivity index (χ0) is 21.7. The van der Waals surface area contributed by atoms with Crippen molar-refractivity contribution in [2.75, 3.05) is 5.75 Å². The first kappa shape index (κ1) is 22.1. The second-order valence-electron chi connectivity index (χ2n) is 8.37. The van der Waals surface area contributed by atoms with Crippen molar-refractivity contribution >= 4 is 17.7 Å². The normalized spacial score (nSPS) is 12.6. The van der Waals surface area contributed by atoms with Crippen LogP contribution in [0, 0.1) is 0 Å². The third-order valence-electron chi connectivity index (χ3n) is 5.05. The molecule has 0 aliphatic carbocycles. The molecule has 1 N–H and O–H groups in total. The lowest BCUT2D eigenvalue weighted by Crippen LogP contribution is -2.28. The summed E-state index contributed by atoms with van der Waals surface area (Å²) in [6, 6.07) is 18.4. The summed E-state index contributed by atoms with van der Waals surface area (Å²) in [5.74, 6) is 1.12. The molecule has 0 aliphatic rings. The zero-order valence-corrected chi connectivity index (χ0v) is 19.2. The van der Waals surface area contributed by atoms with Crippen molar-refractivity contribution in [3.8, 4) is 11.4 Å². The Balaban J connectivity index is 1.66. The summed E-state index contributed by atoms with van der Waals surface area (Å²) in [5, 5.41) is 12.5. The molecule has 3 aromatic rings. The fourth-order valence-corrected chi connectivity index (χ4v) is 4.07. The molecule has 0 saturated carbocycles. The summed E-state index contributed by atoms with van der Waals surface area (Å²) >= 11 is 1.42. The maximum atomic E-state index is 12.4. The van der Waals surface area contributed by atoms with Crippen LogP contribution in [0.2, 0.25) is 0 Å². The summed E-state index contributed by atoms with van der Waals surface area (Å²) in [6.07, 6.45) is 0. The van der Waals surface area contributed by atoms with Crippen molar-refractivity contribution < 1.29 is 4.79 Å². The van der Waals surface area contributed by atoms with Gasteiger partial charge in [0, 0.05) is 12.1 Å². The number of nitrogens with zero attached hydrogens (tertiary/aromatic N) is 3. The third-order valence-corrected chi connectivity index (χ3v) is 6.02. The van der Waals surface area contributed by atoms with E-state index in [4.69, 9.17) is 0 Å². The highest BCUT2D eigenvalue weighted by molar-refractivity contribution is 7.99. The molecule has 0 unspecified atom stereocenters. The van der Waals surface area contributed by atoms with Gasteiger partial charge in [0.05, 0.1) is 11.8 Å². The minimum Gasteiger partial charge on any atom is -0.349 e. The molecule has 0 aliphatic heterocycles. The molecule has 2 aromatic carbocycles. The highest BCUT2D eigenvalue weighted by Gasteiger charge is 2.17. The Bertz CT molecular complexity index is 975. The third kappa shape index (κ3) is 5.30. The van der Waals surface area contributed by atoms with E-state index in [0.717, 1.165) is 28.7 Å². The van der Waals surface area contributed by atoms with Crippen LogP contribution in [0.5, 0.6) is 0 Å². The topological polar surface area (TPSA) is 59.8 Å². The van der Waals surface area contributed by atoms with Crippen LogP contribution in [0.4, 0.5) is 0 Å². The molecule has 1 aromatic heterocycles. The van der Waals surface area contributed by atoms with Crippen LogP contribution in [0.25, 0.3) is 11.4 Å². The molecule has 3 rings (SSSR count). The number of thioether (sulfide) groups is 1. The first-order chi connectivity index (χ1) is 14.3. The van der Waals surface area contributed by atoms with Gasteiger partial charge in [-0.3, -0.25) is 4.79 Å². The number of carbonyl (C=O) groups is 1. The molecule has 0 radical (unpaired) electrons. The predicted octanol–water partition coefficient (Wildman–Crippen LogP) is 5.23. The van der Waals surface area contributed by atoms with E-state index in [0.29, 0.717) is 5.75 Å². The Morgan fingerprint density at radius 1 is 1.07 bits per heavy atom. The summed E-state index contributed by atoms with van der Waals surface area (Å²) in [4.78, 5) is 12.4. The first-order valence-corrected chi connectivity index (χ1v) is 11.3. The smallest absolute Gasteiger partial charge is 0.230 e. The van der Waals surface area contributed by atoms with Crippen molar-refractivity contribution in [1.29, 1.82) is 0 Å². The molecule has 158 valence electrons. The maximum Gasteiger partial charge on any atom is 0.230 e. The molecule has 6 heteroatoms. The molecule has 5 nitrogen and oxygen atoms in total. The van der Waals surface area contributed by atoms with Crippen LogP contribution in [0.15, 0.2) is 59.8 Å². The van der Waals surface area contributed by atoms with E-state index in [9.17, 15) is 4.79 Å². The Kier molecular flexibility index (Phi) is 6.98. The van der Waals surface area contributed by atoms with Gasteiger partial charge in [0.25, 0.3) is 0 Å². The van der Waals surface area contributed by atoms with Crippen molar-refractivity contribution in [1.82, 2.24) is 20.1 Å². The molecule has 0 bridgehead atoms. The fraction of sp³-hybridized carbons (Fsp3) is 0.375. The fourth-order valence-electron chi connectivity index (χ4n) is 3.25. The SMILES string of the molecule is CCn1c(SCC(=O)N[C@@H](C)c2ccccc2)nnc1-c1ccc(C(C)(C)C)cc1. The average Bonchev–Trinajstić information content (AvgIpc) is 3.15. The summed E-state index contributed by atoms with van der Waals surface area (Å²) in [7, 11) is 0. The second kappa shape index (κ2) is 9.47. The van der Waals surface area contributed by atoms with Gasteiger partial charge in [-0.2, -0.15) is 0 Å². The molecule has 30 heavy (non-hydrogen) atoms. The lowest BCUT2D eigenvalue weighted by Gasteiger charge is -2.19. The van der Waals surface area contributed by atoms with Gasteiger partial charge in [0.2, 0.25) is 5.91 Å². The van der Waals surface area contributed by atoms with E-state index in [1.807, 2.05) is 37.3 Å². The van der Waals surface area contributed by atoms with Gasteiger partial charge >= 0.3 is 0 Å². The van der Waals surface area contributed by atoms with Crippen molar-refractivity contribution in [2.24, 2.45) is 0 Å². The second-order valence-corrected chi connectivity index (χ2v) is 9.31. The molecule has 0 spiro atoms. The van der Waals surface area contributed by atoms with E-state index >= 15 is 0 Å². The molecule has 0 fully saturated rings. The Morgan fingerprint density at radius 2 is 1.73 bits per heavy atom. The van der Waals surface area contributed by atoms with Gasteiger partial charge in [-0.05, 0) is 30.4 Å². The monoisotopic (exact) mass is 422 g/mol. The Labute approximate surface area is 183 Å². The van der Waals surface area contributed by atoms with Gasteiger partial charge in [0.15, 0.2) is 11.0 Å². The van der Waals surface area contributed by atoms with Gasteiger partial charge in [-0.1, -0.05) is 87.1 Å². The van der Waals surface area contributed by atoms with Crippen molar-refractivity contribution in [2.45, 2.75) is 57.8 Å². The summed E-state index contributed by atoms with van der Waals surface area (Å²) in [6.45, 7) is 11.4. The predicted molar refractivity (Wildman–Crippen MR) is 124 cm³/mol. The van der Waals surface area contributed by atoms with Crippen LogP contribution in [-0.2, 0) is 16.8 Å². The average molecular weight is 423 g/mol. The lowest BCUT2D eigenvalue weighted by molar-refractivity contribution is -0.119. The minimum atomic E-state index is -0.0276. The van der Waals surface area contributed by atoms with Crippen molar-refractivity contribution in [3.63, 3.8) is 0 Å². The number of aromatic nitrogens is 3. The lowest BCUT2D eigenvalue weighted by atomic mass is 9.87. The summed E-state index contributed by atoms with van der Waals surface area (Å²) < 4.78 is 2.06. The van der Waals surface area contributed by atoms with E-state index in [2.05, 4.69) is 72.0 Å². The standard InChI is InChI=1S/C24H30N4OS/c1-6-28-22(19-12-14-20(15-13-19)24(3,4)5)26-27-23(28)30-16-21(29)25-17(2)18-10-8-7-9-11-18/h7-15,17H,6,16H2,1-5H3,(H,25,29)/t17-/m0/s1. The number of hydrogen-bond donors (Lipinski definition) is 1. The molecule has 1 amide bonds. The van der Waals surface area contributed by atoms with E-state index in [-0.39, 0.29) is 17.4 Å². The van der Waals surface area contributed by atoms with Crippen LogP contribution in [-0.4, -0.2) is 26.4 Å². The van der Waals surface area contributed by atoms with Crippen molar-refractivity contribution in [3.05, 3.63) is 65.7 Å². The number of carbonyl (C=O) groups excluding carboxylic acids is 1. The van der Waals surface area contributed by atoms with E-state index in [1.165, 1.54) is 17.3 Å². The molecule has 1 heterocycles. The summed E-state index contributed by atoms with van der Waals surface area (Å²) in [5.41, 5.74) is 3.52. The zero-order valence-electron chi connectivity index (χ0n) is 18.3. The molecular formula is C24H30N4OS. The maximum absolute atomic E-state index is 12.4. The molecular weight excluding hydrogens is 392 g/mol. The number of nitrogens with one attached hydrogen (secondary N) is 1. The van der Waals surface area contributed by atoms with Crippen LogP contribution < -0.4 is 5.32 Å². The van der Waals surface area contributed by atoms with Gasteiger partial charge < -0.3 is 9.88 Å². The Morgan fingerprint density at radius 3 is 2.33 bits per heavy atom. The van der Waals surface area contributed by atoms with Crippen LogP contribution >= 0.6 is 11.8 Å². The van der Waals surface area contributed by atoms with Gasteiger partial charge in [0.1, 0.15) is 0 Å². The number of benzene rings is 2. The minimum absolute atomic E-state index is 0.0157. The van der Waals surface area contributed by atoms with Gasteiger partial charge in [-0.25, -0.2) is 0 Å². The highest BCUT2D eigenvalue weighted by atomic mass is 32.2. The van der Waals surface area contributed by atoms with E-state index in [1.54, 1.807) is 0 Å². The van der Waals surface area contributed by atoms with Gasteiger partial charge in [-0.15, -0.1) is 10.2 Å². The Hall–Kier alpha value is -2.60.